The predicted octanol–water partition coefficient (Wildman–Crippen LogP) is 2.85. The first-order valence-electron chi connectivity index (χ1n) is 8.93. The Labute approximate surface area is 156 Å². The quantitative estimate of drug-likeness (QED) is 0.530. The zero-order chi connectivity index (χ0) is 19.0. The Balaban J connectivity index is 1.49. The van der Waals surface area contributed by atoms with E-state index in [0.717, 1.165) is 10.9 Å². The molecule has 0 saturated carbocycles. The summed E-state index contributed by atoms with van der Waals surface area (Å²) >= 11 is 0. The minimum atomic E-state index is -0.500. The van der Waals surface area contributed by atoms with Gasteiger partial charge in [0.15, 0.2) is 0 Å². The van der Waals surface area contributed by atoms with E-state index in [2.05, 4.69) is 0 Å². The van der Waals surface area contributed by atoms with Crippen molar-refractivity contribution in [1.82, 2.24) is 9.47 Å². The highest BCUT2D eigenvalue weighted by molar-refractivity contribution is 6.44. The van der Waals surface area contributed by atoms with Crippen LogP contribution in [0.1, 0.15) is 10.4 Å². The molecule has 1 aliphatic heterocycles. The molecule has 2 heterocycles. The highest BCUT2D eigenvalue weighted by atomic mass is 19.1. The zero-order valence-corrected chi connectivity index (χ0v) is 15.1. The van der Waals surface area contributed by atoms with Gasteiger partial charge in [0.2, 0.25) is 0 Å². The third-order valence-electron chi connectivity index (χ3n) is 5.10. The summed E-state index contributed by atoms with van der Waals surface area (Å²) in [6.45, 7) is 1.78. The molecule has 5 nitrogen and oxygen atoms in total. The van der Waals surface area contributed by atoms with E-state index in [1.54, 1.807) is 29.3 Å². The standard InChI is InChI=1S/C21H20FN3O2/c1-23-14-16(15-6-2-4-8-18(15)23)20(26)21(27)25-12-10-24(11-13-25)19-9-5-3-7-17(19)22/h2-9,14H,10-13H2,1H3. The lowest BCUT2D eigenvalue weighted by Gasteiger charge is -2.35. The van der Waals surface area contributed by atoms with Gasteiger partial charge in [-0.05, 0) is 18.2 Å². The van der Waals surface area contributed by atoms with Crippen LogP contribution in [0.2, 0.25) is 0 Å². The SMILES string of the molecule is Cn1cc(C(=O)C(=O)N2CCN(c3ccccc3F)CC2)c2ccccc21. The van der Waals surface area contributed by atoms with Gasteiger partial charge in [0.05, 0.1) is 11.3 Å². The minimum Gasteiger partial charge on any atom is -0.366 e. The van der Waals surface area contributed by atoms with E-state index < -0.39 is 11.7 Å². The van der Waals surface area contributed by atoms with Crippen molar-refractivity contribution in [2.75, 3.05) is 31.1 Å². The van der Waals surface area contributed by atoms with E-state index in [9.17, 15) is 14.0 Å². The van der Waals surface area contributed by atoms with Crippen LogP contribution in [0, 0.1) is 5.82 Å². The number of piperazine rings is 1. The van der Waals surface area contributed by atoms with Gasteiger partial charge in [-0.15, -0.1) is 0 Å². The molecular formula is C21H20FN3O2. The summed E-state index contributed by atoms with van der Waals surface area (Å²) in [5.41, 5.74) is 1.87. The molecule has 2 aromatic carbocycles. The average Bonchev–Trinajstić information content (AvgIpc) is 3.04. The van der Waals surface area contributed by atoms with Crippen LogP contribution in [0.15, 0.2) is 54.7 Å². The van der Waals surface area contributed by atoms with Gasteiger partial charge in [0.1, 0.15) is 5.82 Å². The number of aryl methyl sites for hydroxylation is 1. The number of para-hydroxylation sites is 2. The molecule has 0 spiro atoms. The summed E-state index contributed by atoms with van der Waals surface area (Å²) < 4.78 is 15.8. The third-order valence-corrected chi connectivity index (χ3v) is 5.10. The van der Waals surface area contributed by atoms with Crippen LogP contribution < -0.4 is 4.90 Å². The summed E-state index contributed by atoms with van der Waals surface area (Å²) in [5, 5.41) is 0.781. The molecule has 1 fully saturated rings. The number of hydrogen-bond donors (Lipinski definition) is 0. The van der Waals surface area contributed by atoms with Crippen LogP contribution in [0.5, 0.6) is 0 Å². The summed E-state index contributed by atoms with van der Waals surface area (Å²) in [5.74, 6) is -1.27. The molecule has 0 aliphatic carbocycles. The second-order valence-corrected chi connectivity index (χ2v) is 6.73. The average molecular weight is 365 g/mol. The Morgan fingerprint density at radius 1 is 0.926 bits per heavy atom. The van der Waals surface area contributed by atoms with Crippen molar-refractivity contribution in [1.29, 1.82) is 0 Å². The number of aromatic nitrogens is 1. The first-order valence-corrected chi connectivity index (χ1v) is 8.93. The maximum absolute atomic E-state index is 14.0. The topological polar surface area (TPSA) is 45.6 Å². The van der Waals surface area contributed by atoms with Crippen LogP contribution in [0.25, 0.3) is 10.9 Å². The van der Waals surface area contributed by atoms with Crippen molar-refractivity contribution in [2.24, 2.45) is 7.05 Å². The number of halogens is 1. The van der Waals surface area contributed by atoms with Crippen LogP contribution in [-0.2, 0) is 11.8 Å². The summed E-state index contributed by atoms with van der Waals surface area (Å²) in [6, 6.07) is 14.1. The molecular weight excluding hydrogens is 345 g/mol. The molecule has 0 bridgehead atoms. The van der Waals surface area contributed by atoms with Crippen molar-refractivity contribution in [2.45, 2.75) is 0 Å². The van der Waals surface area contributed by atoms with Gasteiger partial charge in [0, 0.05) is 50.3 Å². The molecule has 0 unspecified atom stereocenters. The molecule has 27 heavy (non-hydrogen) atoms. The number of ketones is 1. The number of anilines is 1. The van der Waals surface area contributed by atoms with E-state index >= 15 is 0 Å². The fourth-order valence-electron chi connectivity index (χ4n) is 3.64. The maximum atomic E-state index is 14.0. The van der Waals surface area contributed by atoms with Gasteiger partial charge < -0.3 is 14.4 Å². The maximum Gasteiger partial charge on any atom is 0.295 e. The van der Waals surface area contributed by atoms with E-state index in [-0.39, 0.29) is 5.82 Å². The fourth-order valence-corrected chi connectivity index (χ4v) is 3.64. The van der Waals surface area contributed by atoms with E-state index in [1.807, 2.05) is 40.8 Å². The lowest BCUT2D eigenvalue weighted by Crippen LogP contribution is -2.50. The number of amides is 1. The van der Waals surface area contributed by atoms with Crippen LogP contribution in [0.3, 0.4) is 0 Å². The summed E-state index contributed by atoms with van der Waals surface area (Å²) in [7, 11) is 1.86. The minimum absolute atomic E-state index is 0.274. The van der Waals surface area contributed by atoms with Crippen LogP contribution >= 0.6 is 0 Å². The number of fused-ring (bicyclic) bond motifs is 1. The molecule has 0 atom stereocenters. The van der Waals surface area contributed by atoms with Crippen molar-refractivity contribution in [3.63, 3.8) is 0 Å². The zero-order valence-electron chi connectivity index (χ0n) is 15.1. The number of benzene rings is 2. The highest BCUT2D eigenvalue weighted by Gasteiger charge is 2.29. The lowest BCUT2D eigenvalue weighted by atomic mass is 10.1. The number of carbonyl (C=O) groups excluding carboxylic acids is 2. The Morgan fingerprint density at radius 3 is 2.33 bits per heavy atom. The van der Waals surface area contributed by atoms with Gasteiger partial charge >= 0.3 is 0 Å². The van der Waals surface area contributed by atoms with Gasteiger partial charge in [-0.3, -0.25) is 9.59 Å². The van der Waals surface area contributed by atoms with E-state index in [1.165, 1.54) is 6.07 Å². The van der Waals surface area contributed by atoms with Crippen molar-refractivity contribution in [3.05, 3.63) is 66.1 Å². The predicted molar refractivity (Wildman–Crippen MR) is 102 cm³/mol. The largest absolute Gasteiger partial charge is 0.366 e. The Hall–Kier alpha value is -3.15. The third kappa shape index (κ3) is 3.07. The lowest BCUT2D eigenvalue weighted by molar-refractivity contribution is -0.126. The van der Waals surface area contributed by atoms with Crippen LogP contribution in [-0.4, -0.2) is 47.3 Å². The molecule has 1 aromatic heterocycles. The van der Waals surface area contributed by atoms with Crippen LogP contribution in [0.4, 0.5) is 10.1 Å². The number of rotatable bonds is 3. The Bertz CT molecular complexity index is 1020. The molecule has 0 N–H and O–H groups in total. The van der Waals surface area contributed by atoms with Gasteiger partial charge in [-0.1, -0.05) is 30.3 Å². The molecule has 1 aliphatic rings. The molecule has 1 amide bonds. The molecule has 3 aromatic rings. The molecule has 138 valence electrons. The summed E-state index contributed by atoms with van der Waals surface area (Å²) in [4.78, 5) is 29.0. The molecule has 0 radical (unpaired) electrons. The number of carbonyl (C=O) groups is 2. The first kappa shape index (κ1) is 17.3. The summed E-state index contributed by atoms with van der Waals surface area (Å²) in [6.07, 6.45) is 1.71. The Kier molecular flexibility index (Phi) is 4.39. The van der Waals surface area contributed by atoms with Crippen molar-refractivity contribution < 1.29 is 14.0 Å². The number of Topliss-reactive ketones (excluding diaryl/α,β-unsaturated/α-hetero) is 1. The monoisotopic (exact) mass is 365 g/mol. The Morgan fingerprint density at radius 2 is 1.59 bits per heavy atom. The van der Waals surface area contributed by atoms with Gasteiger partial charge in [-0.2, -0.15) is 0 Å². The number of nitrogens with zero attached hydrogens (tertiary/aromatic N) is 3. The van der Waals surface area contributed by atoms with E-state index in [4.69, 9.17) is 0 Å². The second kappa shape index (κ2) is 6.87. The second-order valence-electron chi connectivity index (χ2n) is 6.73. The number of hydrogen-bond acceptors (Lipinski definition) is 3. The molecule has 4 rings (SSSR count). The first-order chi connectivity index (χ1) is 13.1. The van der Waals surface area contributed by atoms with Crippen molar-refractivity contribution >= 4 is 28.3 Å². The molecule has 6 heteroatoms. The van der Waals surface area contributed by atoms with Gasteiger partial charge in [0.25, 0.3) is 11.7 Å². The fraction of sp³-hybridized carbons (Fsp3) is 0.238. The molecule has 1 saturated heterocycles. The highest BCUT2D eigenvalue weighted by Crippen LogP contribution is 2.23. The van der Waals surface area contributed by atoms with Gasteiger partial charge in [-0.25, -0.2) is 4.39 Å². The smallest absolute Gasteiger partial charge is 0.295 e. The van der Waals surface area contributed by atoms with E-state index in [0.29, 0.717) is 37.4 Å². The normalized spacial score (nSPS) is 14.6. The van der Waals surface area contributed by atoms with Crippen molar-refractivity contribution in [3.8, 4) is 0 Å².